The molecule has 3 nitrogen and oxygen atoms in total. The van der Waals surface area contributed by atoms with Crippen LogP contribution in [0.25, 0.3) is 0 Å². The molecule has 0 atom stereocenters. The van der Waals surface area contributed by atoms with Crippen molar-refractivity contribution in [2.75, 3.05) is 42.3 Å². The van der Waals surface area contributed by atoms with E-state index in [0.717, 1.165) is 0 Å². The van der Waals surface area contributed by atoms with Crippen LogP contribution in [0.2, 0.25) is 3.12 Å². The third kappa shape index (κ3) is 2.14. The fourth-order valence-electron chi connectivity index (χ4n) is 3.66. The first-order chi connectivity index (χ1) is 7.85. The van der Waals surface area contributed by atoms with Gasteiger partial charge in [-0.2, -0.15) is 0 Å². The average molecular weight is 317 g/mol. The van der Waals surface area contributed by atoms with E-state index in [9.17, 15) is 0 Å². The van der Waals surface area contributed by atoms with Crippen molar-refractivity contribution in [1.29, 1.82) is 0 Å². The fraction of sp³-hybridized carbons (Fsp3) is 0.692. The Kier molecular flexibility index (Phi) is 4.93. The van der Waals surface area contributed by atoms with Crippen molar-refractivity contribution >= 4 is 0 Å². The molecular formula is C13H27N3Zr. The summed E-state index contributed by atoms with van der Waals surface area (Å²) in [5, 5.41) is 0. The van der Waals surface area contributed by atoms with Crippen molar-refractivity contribution in [1.82, 2.24) is 8.53 Å². The van der Waals surface area contributed by atoms with Gasteiger partial charge in [0, 0.05) is 0 Å². The third-order valence-electron chi connectivity index (χ3n) is 3.98. The first-order valence-electron chi connectivity index (χ1n) is 6.24. The molecule has 4 heteroatoms. The van der Waals surface area contributed by atoms with Crippen molar-refractivity contribution in [3.63, 3.8) is 0 Å². The number of hydrogen-bond donors (Lipinski definition) is 0. The maximum absolute atomic E-state index is 2.83. The SMILES string of the molecule is CC[C]1([Zr]([N](C)C)([N](C)C)[N](C)C)C=CC=C1. The van der Waals surface area contributed by atoms with Crippen LogP contribution in [0, 0.1) is 0 Å². The van der Waals surface area contributed by atoms with Crippen molar-refractivity contribution < 1.29 is 21.1 Å². The van der Waals surface area contributed by atoms with E-state index in [1.807, 2.05) is 0 Å². The van der Waals surface area contributed by atoms with Gasteiger partial charge in [0.1, 0.15) is 0 Å². The van der Waals surface area contributed by atoms with Crippen LogP contribution in [-0.2, 0) is 21.1 Å². The van der Waals surface area contributed by atoms with E-state index >= 15 is 0 Å². The third-order valence-corrected chi connectivity index (χ3v) is 17.9. The molecule has 0 amide bonds. The quantitative estimate of drug-likeness (QED) is 0.770. The van der Waals surface area contributed by atoms with Gasteiger partial charge in [-0.25, -0.2) is 0 Å². The molecule has 0 aromatic rings. The monoisotopic (exact) mass is 315 g/mol. The molecule has 0 aromatic carbocycles. The second-order valence-electron chi connectivity index (χ2n) is 5.43. The molecule has 0 saturated carbocycles. The topological polar surface area (TPSA) is 9.72 Å². The maximum atomic E-state index is 2.51. The Morgan fingerprint density at radius 1 is 0.824 bits per heavy atom. The first kappa shape index (κ1) is 15.3. The Labute approximate surface area is 112 Å². The van der Waals surface area contributed by atoms with E-state index in [1.54, 1.807) is 0 Å². The summed E-state index contributed by atoms with van der Waals surface area (Å²) in [5.74, 6) is 0. The van der Waals surface area contributed by atoms with E-state index in [2.05, 4.69) is 82.0 Å². The normalized spacial score (nSPS) is 18.9. The standard InChI is InChI=1S/C7H9.3C2H6N.Zr/c1-2-7-5-3-4-6-7;3*1-3-2;/h3-6H,2H2,1H3;3*1-2H3;/q;3*-1;+3. The van der Waals surface area contributed by atoms with E-state index in [0.29, 0.717) is 0 Å². The molecule has 0 saturated heterocycles. The van der Waals surface area contributed by atoms with Crippen LogP contribution in [0.1, 0.15) is 13.3 Å². The molecule has 98 valence electrons. The predicted molar refractivity (Wildman–Crippen MR) is 72.3 cm³/mol. The Hall–Kier alpha value is 0.243. The van der Waals surface area contributed by atoms with Crippen LogP contribution in [-0.4, -0.2) is 50.8 Å². The molecule has 0 fully saturated rings. The zero-order valence-electron chi connectivity index (χ0n) is 12.4. The Balaban J connectivity index is 3.41. The van der Waals surface area contributed by atoms with Gasteiger partial charge >= 0.3 is 113 Å². The van der Waals surface area contributed by atoms with Crippen LogP contribution in [0.3, 0.4) is 0 Å². The van der Waals surface area contributed by atoms with Crippen molar-refractivity contribution in [2.24, 2.45) is 0 Å². The van der Waals surface area contributed by atoms with Crippen molar-refractivity contribution in [3.05, 3.63) is 24.3 Å². The van der Waals surface area contributed by atoms with Gasteiger partial charge in [0.05, 0.1) is 0 Å². The summed E-state index contributed by atoms with van der Waals surface area (Å²) in [6.07, 6.45) is 10.4. The van der Waals surface area contributed by atoms with E-state index in [1.165, 1.54) is 6.42 Å². The molecule has 17 heavy (non-hydrogen) atoms. The van der Waals surface area contributed by atoms with Crippen LogP contribution in [0.4, 0.5) is 0 Å². The van der Waals surface area contributed by atoms with E-state index in [4.69, 9.17) is 0 Å². The molecule has 0 radical (unpaired) electrons. The van der Waals surface area contributed by atoms with Crippen molar-refractivity contribution in [3.8, 4) is 0 Å². The number of hydrogen-bond acceptors (Lipinski definition) is 3. The summed E-state index contributed by atoms with van der Waals surface area (Å²) >= 11 is -2.83. The van der Waals surface area contributed by atoms with Gasteiger partial charge in [0.25, 0.3) is 0 Å². The Bertz CT molecular complexity index is 285. The van der Waals surface area contributed by atoms with Crippen LogP contribution >= 0.6 is 0 Å². The van der Waals surface area contributed by atoms with Crippen LogP contribution in [0.5, 0.6) is 0 Å². The second kappa shape index (κ2) is 5.48. The molecule has 1 rings (SSSR count). The molecule has 0 heterocycles. The minimum absolute atomic E-state index is 0.241. The minimum atomic E-state index is -2.83. The van der Waals surface area contributed by atoms with Gasteiger partial charge in [0.15, 0.2) is 0 Å². The number of rotatable bonds is 5. The van der Waals surface area contributed by atoms with Gasteiger partial charge in [-0.3, -0.25) is 0 Å². The molecule has 0 aliphatic heterocycles. The Morgan fingerprint density at radius 3 is 1.41 bits per heavy atom. The van der Waals surface area contributed by atoms with Gasteiger partial charge in [0.2, 0.25) is 0 Å². The Morgan fingerprint density at radius 2 is 1.18 bits per heavy atom. The molecule has 0 aromatic heterocycles. The van der Waals surface area contributed by atoms with Crippen LogP contribution in [0.15, 0.2) is 24.3 Å². The fourth-order valence-corrected chi connectivity index (χ4v) is 18.4. The number of allylic oxidation sites excluding steroid dienone is 4. The zero-order valence-corrected chi connectivity index (χ0v) is 14.8. The van der Waals surface area contributed by atoms with Crippen molar-refractivity contribution in [2.45, 2.75) is 16.5 Å². The van der Waals surface area contributed by atoms with Gasteiger partial charge in [-0.05, 0) is 0 Å². The first-order valence-corrected chi connectivity index (χ1v) is 10.8. The molecule has 0 N–H and O–H groups in total. The second-order valence-corrected chi connectivity index (χ2v) is 17.4. The summed E-state index contributed by atoms with van der Waals surface area (Å²) < 4.78 is 7.78. The van der Waals surface area contributed by atoms with Gasteiger partial charge in [-0.1, -0.05) is 0 Å². The predicted octanol–water partition coefficient (Wildman–Crippen LogP) is 2.26. The molecular weight excluding hydrogens is 289 g/mol. The number of nitrogens with zero attached hydrogens (tertiary/aromatic N) is 3. The van der Waals surface area contributed by atoms with Gasteiger partial charge < -0.3 is 0 Å². The zero-order chi connectivity index (χ0) is 13.3. The molecule has 0 spiro atoms. The summed E-state index contributed by atoms with van der Waals surface area (Å²) in [4.78, 5) is 0. The van der Waals surface area contributed by atoms with Gasteiger partial charge in [-0.15, -0.1) is 0 Å². The van der Waals surface area contributed by atoms with E-state index in [-0.39, 0.29) is 3.12 Å². The molecule has 0 unspecified atom stereocenters. The summed E-state index contributed by atoms with van der Waals surface area (Å²) in [7, 11) is 13.5. The average Bonchev–Trinajstić information content (AvgIpc) is 2.66. The molecule has 1 aliphatic carbocycles. The summed E-state index contributed by atoms with van der Waals surface area (Å²) in [6.45, 7) is 2.31. The molecule has 0 bridgehead atoms. The van der Waals surface area contributed by atoms with Crippen LogP contribution < -0.4 is 0 Å². The summed E-state index contributed by atoms with van der Waals surface area (Å²) in [5.41, 5.74) is 0. The summed E-state index contributed by atoms with van der Waals surface area (Å²) in [6, 6.07) is 0. The molecule has 1 aliphatic rings. The van der Waals surface area contributed by atoms with E-state index < -0.39 is 21.1 Å².